The lowest BCUT2D eigenvalue weighted by molar-refractivity contribution is 0.145. The van der Waals surface area contributed by atoms with Crippen LogP contribution in [0.5, 0.6) is 0 Å². The fraction of sp³-hybridized carbons (Fsp3) is 0.875. The minimum Gasteiger partial charge on any atom is -0.400 e. The van der Waals surface area contributed by atoms with E-state index in [9.17, 15) is 0 Å². The minimum atomic E-state index is -1.54. The molecule has 2 nitrogen and oxygen atoms in total. The van der Waals surface area contributed by atoms with Gasteiger partial charge in [-0.15, -0.1) is 0 Å². The van der Waals surface area contributed by atoms with E-state index in [0.29, 0.717) is 0 Å². The molecule has 0 N–H and O–H groups in total. The molecule has 0 amide bonds. The lowest BCUT2D eigenvalue weighted by atomic mass is 9.76. The molecule has 12 heavy (non-hydrogen) atoms. The Hall–Kier alpha value is -0.268. The van der Waals surface area contributed by atoms with E-state index in [1.807, 2.05) is 0 Å². The highest BCUT2D eigenvalue weighted by molar-refractivity contribution is 6.70. The molecule has 4 heteroatoms. The molecule has 1 heterocycles. The summed E-state index contributed by atoms with van der Waals surface area (Å²) in [5, 5.41) is 9.03. The second-order valence-electron chi connectivity index (χ2n) is 4.53. The van der Waals surface area contributed by atoms with Crippen molar-refractivity contribution >= 4 is 15.6 Å². The second kappa shape index (κ2) is 3.23. The van der Waals surface area contributed by atoms with Gasteiger partial charge < -0.3 is 4.43 Å². The van der Waals surface area contributed by atoms with Crippen molar-refractivity contribution < 1.29 is 4.43 Å². The summed E-state index contributed by atoms with van der Waals surface area (Å²) in [5.74, 6) is 0. The molecule has 0 aromatic rings. The summed E-state index contributed by atoms with van der Waals surface area (Å²) in [6.45, 7) is 6.43. The Balaban J connectivity index is 2.64. The SMILES string of the molecule is C[Si](C)(C)OC1(C#N)CBCC1. The van der Waals surface area contributed by atoms with Gasteiger partial charge in [0.2, 0.25) is 0 Å². The minimum absolute atomic E-state index is 0.412. The van der Waals surface area contributed by atoms with Gasteiger partial charge in [0, 0.05) is 0 Å². The summed E-state index contributed by atoms with van der Waals surface area (Å²) in [4.78, 5) is 0. The maximum absolute atomic E-state index is 9.03. The van der Waals surface area contributed by atoms with E-state index in [4.69, 9.17) is 9.69 Å². The van der Waals surface area contributed by atoms with Gasteiger partial charge in [-0.25, -0.2) is 0 Å². The molecule has 1 aliphatic rings. The zero-order chi connectivity index (χ0) is 9.24. The molecule has 1 atom stereocenters. The Morgan fingerprint density at radius 1 is 1.50 bits per heavy atom. The maximum atomic E-state index is 9.03. The van der Waals surface area contributed by atoms with Crippen molar-refractivity contribution in [2.45, 2.75) is 44.3 Å². The lowest BCUT2D eigenvalue weighted by Gasteiger charge is -2.30. The van der Waals surface area contributed by atoms with E-state index in [2.05, 4.69) is 25.7 Å². The molecular weight excluding hydrogens is 165 g/mol. The van der Waals surface area contributed by atoms with Gasteiger partial charge >= 0.3 is 0 Å². The normalized spacial score (nSPS) is 29.5. The first-order chi connectivity index (χ1) is 5.47. The molecule has 66 valence electrons. The van der Waals surface area contributed by atoms with E-state index < -0.39 is 13.9 Å². The van der Waals surface area contributed by atoms with Crippen LogP contribution in [0.2, 0.25) is 32.3 Å². The Morgan fingerprint density at radius 3 is 2.50 bits per heavy atom. The van der Waals surface area contributed by atoms with Crippen LogP contribution >= 0.6 is 0 Å². The zero-order valence-electron chi connectivity index (χ0n) is 8.18. The van der Waals surface area contributed by atoms with Gasteiger partial charge in [-0.1, -0.05) is 6.32 Å². The van der Waals surface area contributed by atoms with E-state index in [0.717, 1.165) is 26.3 Å². The van der Waals surface area contributed by atoms with Crippen LogP contribution in [0.4, 0.5) is 0 Å². The van der Waals surface area contributed by atoms with Gasteiger partial charge in [0.05, 0.1) is 6.07 Å². The highest BCUT2D eigenvalue weighted by Gasteiger charge is 2.38. The predicted octanol–water partition coefficient (Wildman–Crippen LogP) is 1.78. The molecule has 0 aliphatic carbocycles. The molecule has 1 saturated heterocycles. The van der Waals surface area contributed by atoms with Crippen molar-refractivity contribution in [3.05, 3.63) is 0 Å². The standard InChI is InChI=1S/C8H16BNOSi/c1-12(2,3)11-8(7-10)4-5-9-6-8/h9H,4-6H2,1-3H3. The first kappa shape index (κ1) is 9.82. The number of nitriles is 1. The Kier molecular flexibility index (Phi) is 2.64. The Labute approximate surface area is 76.3 Å². The highest BCUT2D eigenvalue weighted by Crippen LogP contribution is 2.32. The van der Waals surface area contributed by atoms with Crippen LogP contribution < -0.4 is 0 Å². The predicted molar refractivity (Wildman–Crippen MR) is 54.2 cm³/mol. The summed E-state index contributed by atoms with van der Waals surface area (Å²) in [5.41, 5.74) is -0.412. The Morgan fingerprint density at radius 2 is 2.17 bits per heavy atom. The quantitative estimate of drug-likeness (QED) is 0.608. The van der Waals surface area contributed by atoms with Crippen LogP contribution in [0.25, 0.3) is 0 Å². The Bertz CT molecular complexity index is 200. The van der Waals surface area contributed by atoms with Crippen molar-refractivity contribution in [2.24, 2.45) is 0 Å². The fourth-order valence-corrected chi connectivity index (χ4v) is 3.19. The molecule has 0 radical (unpaired) electrons. The van der Waals surface area contributed by atoms with Crippen LogP contribution in [0.1, 0.15) is 6.42 Å². The average Bonchev–Trinajstić information content (AvgIpc) is 2.34. The summed E-state index contributed by atoms with van der Waals surface area (Å²) in [7, 11) is -0.387. The number of hydrogen-bond acceptors (Lipinski definition) is 2. The number of hydrogen-bond donors (Lipinski definition) is 0. The average molecular weight is 181 g/mol. The monoisotopic (exact) mass is 181 g/mol. The largest absolute Gasteiger partial charge is 0.400 e. The topological polar surface area (TPSA) is 33.0 Å². The molecule has 0 saturated carbocycles. The number of rotatable bonds is 2. The van der Waals surface area contributed by atoms with Gasteiger partial charge in [-0.05, 0) is 32.4 Å². The smallest absolute Gasteiger partial charge is 0.185 e. The fourth-order valence-electron chi connectivity index (χ4n) is 1.77. The molecule has 1 aliphatic heterocycles. The molecule has 1 rings (SSSR count). The molecule has 1 unspecified atom stereocenters. The van der Waals surface area contributed by atoms with Crippen molar-refractivity contribution in [1.82, 2.24) is 0 Å². The van der Waals surface area contributed by atoms with Gasteiger partial charge in [0.1, 0.15) is 12.9 Å². The van der Waals surface area contributed by atoms with Crippen molar-refractivity contribution in [3.8, 4) is 6.07 Å². The van der Waals surface area contributed by atoms with Crippen molar-refractivity contribution in [1.29, 1.82) is 5.26 Å². The maximum Gasteiger partial charge on any atom is 0.185 e. The molecule has 0 bridgehead atoms. The van der Waals surface area contributed by atoms with E-state index >= 15 is 0 Å². The van der Waals surface area contributed by atoms with Crippen LogP contribution in [0.15, 0.2) is 0 Å². The third kappa shape index (κ3) is 2.36. The molecule has 1 fully saturated rings. The van der Waals surface area contributed by atoms with Crippen LogP contribution in [-0.4, -0.2) is 21.2 Å². The van der Waals surface area contributed by atoms with Crippen LogP contribution in [-0.2, 0) is 4.43 Å². The highest BCUT2D eigenvalue weighted by atomic mass is 28.4. The second-order valence-corrected chi connectivity index (χ2v) is 8.96. The summed E-state index contributed by atoms with van der Waals surface area (Å²) in [6.07, 6.45) is 3.03. The molecule has 0 spiro atoms. The summed E-state index contributed by atoms with van der Waals surface area (Å²) in [6, 6.07) is 2.35. The first-order valence-electron chi connectivity index (χ1n) is 4.59. The van der Waals surface area contributed by atoms with Crippen molar-refractivity contribution in [3.63, 3.8) is 0 Å². The van der Waals surface area contributed by atoms with Crippen molar-refractivity contribution in [2.75, 3.05) is 0 Å². The lowest BCUT2D eigenvalue weighted by Crippen LogP contribution is -2.39. The summed E-state index contributed by atoms with van der Waals surface area (Å²) >= 11 is 0. The molecule has 0 aromatic heterocycles. The van der Waals surface area contributed by atoms with Gasteiger partial charge in [0.15, 0.2) is 8.32 Å². The van der Waals surface area contributed by atoms with E-state index in [1.54, 1.807) is 0 Å². The third-order valence-corrected chi connectivity index (χ3v) is 3.12. The van der Waals surface area contributed by atoms with Crippen LogP contribution in [0.3, 0.4) is 0 Å². The van der Waals surface area contributed by atoms with Crippen LogP contribution in [0, 0.1) is 11.3 Å². The molecule has 0 aromatic carbocycles. The number of nitrogens with zero attached hydrogens (tertiary/aromatic N) is 1. The van der Waals surface area contributed by atoms with Gasteiger partial charge in [0.25, 0.3) is 0 Å². The third-order valence-electron chi connectivity index (χ3n) is 2.12. The summed E-state index contributed by atoms with van der Waals surface area (Å²) < 4.78 is 5.91. The van der Waals surface area contributed by atoms with Gasteiger partial charge in [-0.2, -0.15) is 5.26 Å². The first-order valence-corrected chi connectivity index (χ1v) is 8.00. The van der Waals surface area contributed by atoms with Gasteiger partial charge in [-0.3, -0.25) is 0 Å². The van der Waals surface area contributed by atoms with E-state index in [-0.39, 0.29) is 0 Å². The van der Waals surface area contributed by atoms with E-state index in [1.165, 1.54) is 0 Å². The molecular formula is C8H16BNOSi. The zero-order valence-corrected chi connectivity index (χ0v) is 9.18.